The number of furan rings is 1. The molecule has 0 unspecified atom stereocenters. The first kappa shape index (κ1) is 11.6. The average molecular weight is 245 g/mol. The highest BCUT2D eigenvalue weighted by atomic mass is 32.2. The van der Waals surface area contributed by atoms with Crippen molar-refractivity contribution in [3.8, 4) is 0 Å². The van der Waals surface area contributed by atoms with Gasteiger partial charge in [0.2, 0.25) is 0 Å². The highest BCUT2D eigenvalue weighted by Gasteiger charge is 2.38. The van der Waals surface area contributed by atoms with Crippen LogP contribution in [0.5, 0.6) is 0 Å². The normalized spacial score (nSPS) is 28.7. The Morgan fingerprint density at radius 2 is 2.31 bits per heavy atom. The van der Waals surface area contributed by atoms with Crippen molar-refractivity contribution in [3.05, 3.63) is 24.2 Å². The van der Waals surface area contributed by atoms with Crippen molar-refractivity contribution in [2.45, 2.75) is 18.7 Å². The second-order valence-corrected chi connectivity index (χ2v) is 6.36. The zero-order valence-corrected chi connectivity index (χ0v) is 9.85. The maximum atomic E-state index is 11.3. The van der Waals surface area contributed by atoms with Gasteiger partial charge in [0.1, 0.15) is 5.76 Å². The molecule has 90 valence electrons. The molecule has 2 heterocycles. The summed E-state index contributed by atoms with van der Waals surface area (Å²) in [6, 6.07) is 3.27. The topological polar surface area (TPSA) is 70.8 Å². The molecule has 1 aromatic heterocycles. The Morgan fingerprint density at radius 3 is 2.81 bits per heavy atom. The number of rotatable bonds is 3. The highest BCUT2D eigenvalue weighted by Crippen LogP contribution is 2.19. The summed E-state index contributed by atoms with van der Waals surface area (Å²) in [5.41, 5.74) is 0. The van der Waals surface area contributed by atoms with E-state index in [-0.39, 0.29) is 17.5 Å². The molecule has 2 rings (SSSR count). The van der Waals surface area contributed by atoms with E-state index < -0.39 is 15.9 Å². The molecule has 1 fully saturated rings. The second-order valence-electron chi connectivity index (χ2n) is 4.21. The van der Waals surface area contributed by atoms with Crippen LogP contribution in [0.1, 0.15) is 5.76 Å². The molecule has 5 nitrogen and oxygen atoms in total. The lowest BCUT2D eigenvalue weighted by molar-refractivity contribution is 0.0917. The van der Waals surface area contributed by atoms with Crippen LogP contribution in [0.15, 0.2) is 22.8 Å². The summed E-state index contributed by atoms with van der Waals surface area (Å²) in [5, 5.41) is 9.67. The first-order valence-electron chi connectivity index (χ1n) is 5.09. The van der Waals surface area contributed by atoms with Crippen LogP contribution in [0.25, 0.3) is 0 Å². The average Bonchev–Trinajstić information content (AvgIpc) is 2.73. The summed E-state index contributed by atoms with van der Waals surface area (Å²) in [6.07, 6.45) is 0.773. The molecular weight excluding hydrogens is 230 g/mol. The number of nitrogens with zero attached hydrogens (tertiary/aromatic N) is 1. The Hall–Kier alpha value is -0.850. The summed E-state index contributed by atoms with van der Waals surface area (Å²) < 4.78 is 27.9. The zero-order valence-electron chi connectivity index (χ0n) is 9.04. The minimum Gasteiger partial charge on any atom is -0.468 e. The van der Waals surface area contributed by atoms with Crippen molar-refractivity contribution in [2.24, 2.45) is 0 Å². The first-order valence-corrected chi connectivity index (χ1v) is 6.91. The molecule has 0 spiro atoms. The fourth-order valence-corrected chi connectivity index (χ4v) is 3.87. The maximum absolute atomic E-state index is 11.3. The molecule has 0 radical (unpaired) electrons. The Morgan fingerprint density at radius 1 is 1.56 bits per heavy atom. The number of hydrogen-bond acceptors (Lipinski definition) is 5. The van der Waals surface area contributed by atoms with Crippen molar-refractivity contribution >= 4 is 9.84 Å². The van der Waals surface area contributed by atoms with E-state index in [2.05, 4.69) is 0 Å². The number of hydrogen-bond donors (Lipinski definition) is 1. The van der Waals surface area contributed by atoms with Crippen molar-refractivity contribution in [1.29, 1.82) is 0 Å². The molecule has 16 heavy (non-hydrogen) atoms. The Balaban J connectivity index is 2.03. The summed E-state index contributed by atoms with van der Waals surface area (Å²) >= 11 is 0. The molecule has 1 N–H and O–H groups in total. The van der Waals surface area contributed by atoms with Crippen molar-refractivity contribution in [3.63, 3.8) is 0 Å². The Labute approximate surface area is 94.6 Å². The molecule has 0 saturated carbocycles. The predicted molar refractivity (Wildman–Crippen MR) is 58.6 cm³/mol. The van der Waals surface area contributed by atoms with Gasteiger partial charge in [-0.25, -0.2) is 8.42 Å². The lowest BCUT2D eigenvalue weighted by Crippen LogP contribution is -2.39. The van der Waals surface area contributed by atoms with Crippen molar-refractivity contribution in [1.82, 2.24) is 4.90 Å². The van der Waals surface area contributed by atoms with Crippen LogP contribution < -0.4 is 0 Å². The molecule has 0 aromatic carbocycles. The second kappa shape index (κ2) is 4.20. The molecule has 1 saturated heterocycles. The van der Waals surface area contributed by atoms with Gasteiger partial charge in [-0.05, 0) is 19.2 Å². The van der Waals surface area contributed by atoms with E-state index in [0.717, 1.165) is 5.76 Å². The number of likely N-dealkylation sites (N-methyl/N-ethyl adjacent to an activating group) is 1. The van der Waals surface area contributed by atoms with Crippen LogP contribution in [0.4, 0.5) is 0 Å². The van der Waals surface area contributed by atoms with Gasteiger partial charge >= 0.3 is 0 Å². The van der Waals surface area contributed by atoms with E-state index in [1.807, 2.05) is 11.0 Å². The van der Waals surface area contributed by atoms with Gasteiger partial charge in [0.25, 0.3) is 0 Å². The molecule has 1 aromatic rings. The van der Waals surface area contributed by atoms with E-state index in [1.54, 1.807) is 19.4 Å². The van der Waals surface area contributed by atoms with E-state index in [1.165, 1.54) is 0 Å². The number of aliphatic hydroxyl groups excluding tert-OH is 1. The number of sulfone groups is 1. The minimum absolute atomic E-state index is 0.0192. The largest absolute Gasteiger partial charge is 0.468 e. The number of aliphatic hydroxyl groups is 1. The summed E-state index contributed by atoms with van der Waals surface area (Å²) in [5.74, 6) is 0.643. The zero-order chi connectivity index (χ0) is 11.8. The van der Waals surface area contributed by atoms with Crippen LogP contribution in [-0.2, 0) is 16.4 Å². The van der Waals surface area contributed by atoms with Crippen LogP contribution in [-0.4, -0.2) is 49.1 Å². The van der Waals surface area contributed by atoms with Gasteiger partial charge in [-0.1, -0.05) is 0 Å². The molecule has 2 atom stereocenters. The van der Waals surface area contributed by atoms with E-state index in [4.69, 9.17) is 4.42 Å². The third kappa shape index (κ3) is 2.45. The fourth-order valence-electron chi connectivity index (χ4n) is 2.00. The third-order valence-electron chi connectivity index (χ3n) is 2.85. The smallest absolute Gasteiger partial charge is 0.154 e. The lowest BCUT2D eigenvalue weighted by atomic mass is 10.2. The van der Waals surface area contributed by atoms with Gasteiger partial charge in [0.15, 0.2) is 9.84 Å². The Kier molecular flexibility index (Phi) is 3.05. The van der Waals surface area contributed by atoms with Crippen LogP contribution in [0.2, 0.25) is 0 Å². The maximum Gasteiger partial charge on any atom is 0.154 e. The monoisotopic (exact) mass is 245 g/mol. The van der Waals surface area contributed by atoms with Gasteiger partial charge in [-0.2, -0.15) is 0 Å². The molecule has 6 heteroatoms. The van der Waals surface area contributed by atoms with Crippen molar-refractivity contribution < 1.29 is 17.9 Å². The molecule has 0 amide bonds. The summed E-state index contributed by atoms with van der Waals surface area (Å²) in [4.78, 5) is 1.81. The van der Waals surface area contributed by atoms with Gasteiger partial charge in [-0.3, -0.25) is 4.90 Å². The molecule has 1 aliphatic rings. The van der Waals surface area contributed by atoms with E-state index in [0.29, 0.717) is 6.54 Å². The van der Waals surface area contributed by atoms with Crippen LogP contribution >= 0.6 is 0 Å². The summed E-state index contributed by atoms with van der Waals surface area (Å²) in [6.45, 7) is 0.504. The quantitative estimate of drug-likeness (QED) is 0.803. The fraction of sp³-hybridized carbons (Fsp3) is 0.600. The Bertz CT molecular complexity index is 439. The minimum atomic E-state index is -3.09. The van der Waals surface area contributed by atoms with Crippen LogP contribution in [0.3, 0.4) is 0 Å². The lowest BCUT2D eigenvalue weighted by Gasteiger charge is -2.24. The standard InChI is InChI=1S/C10H15NO4S/c1-11(5-8-3-2-4-15-8)9-6-16(13,14)7-10(9)12/h2-4,9-10,12H,5-7H2,1H3/t9-,10-/m1/s1. The van der Waals surface area contributed by atoms with Crippen LogP contribution in [0, 0.1) is 0 Å². The predicted octanol–water partition coefficient (Wildman–Crippen LogP) is -0.131. The highest BCUT2D eigenvalue weighted by molar-refractivity contribution is 7.91. The molecule has 0 bridgehead atoms. The molecular formula is C10H15NO4S. The van der Waals surface area contributed by atoms with E-state index in [9.17, 15) is 13.5 Å². The van der Waals surface area contributed by atoms with Gasteiger partial charge < -0.3 is 9.52 Å². The first-order chi connectivity index (χ1) is 7.48. The summed E-state index contributed by atoms with van der Waals surface area (Å²) in [7, 11) is -1.30. The van der Waals surface area contributed by atoms with E-state index >= 15 is 0 Å². The molecule has 0 aliphatic carbocycles. The van der Waals surface area contributed by atoms with Gasteiger partial charge in [-0.15, -0.1) is 0 Å². The third-order valence-corrected chi connectivity index (χ3v) is 4.54. The van der Waals surface area contributed by atoms with Gasteiger partial charge in [0.05, 0.1) is 36.5 Å². The van der Waals surface area contributed by atoms with Crippen molar-refractivity contribution in [2.75, 3.05) is 18.6 Å². The molecule has 1 aliphatic heterocycles. The van der Waals surface area contributed by atoms with Gasteiger partial charge in [0, 0.05) is 0 Å². The SMILES string of the molecule is CN(Cc1ccco1)[C@@H]1CS(=O)(=O)C[C@H]1O.